The quantitative estimate of drug-likeness (QED) is 0.135. The van der Waals surface area contributed by atoms with Crippen molar-refractivity contribution >= 4 is 52.4 Å². The number of rotatable bonds is 3. The van der Waals surface area contributed by atoms with E-state index < -0.39 is 5.97 Å². The van der Waals surface area contributed by atoms with Crippen molar-refractivity contribution < 1.29 is 19.4 Å². The van der Waals surface area contributed by atoms with Crippen LogP contribution in [0.5, 0.6) is 5.75 Å². The molecule has 8 nitrogen and oxygen atoms in total. The van der Waals surface area contributed by atoms with Gasteiger partial charge in [-0.05, 0) is 54.2 Å². The van der Waals surface area contributed by atoms with Gasteiger partial charge >= 0.3 is 5.97 Å². The highest BCUT2D eigenvalue weighted by Gasteiger charge is 2.22. The SMILES string of the molecule is Cl.NNC(=S)Nc1ccc(-c2c3ccc(=O)cc-3oc3cc(O)ccc23)c(C(=O)O)c1. The number of phenols is 1. The summed E-state index contributed by atoms with van der Waals surface area (Å²) >= 11 is 4.96. The molecule has 0 aromatic heterocycles. The van der Waals surface area contributed by atoms with Gasteiger partial charge in [-0.2, -0.15) is 0 Å². The predicted molar refractivity (Wildman–Crippen MR) is 124 cm³/mol. The van der Waals surface area contributed by atoms with Crippen LogP contribution in [0.4, 0.5) is 5.69 Å². The van der Waals surface area contributed by atoms with E-state index in [1.807, 2.05) is 0 Å². The number of nitrogens with two attached hydrogens (primary N) is 1. The van der Waals surface area contributed by atoms with E-state index in [0.717, 1.165) is 0 Å². The van der Waals surface area contributed by atoms with Crippen LogP contribution in [0.2, 0.25) is 0 Å². The van der Waals surface area contributed by atoms with Crippen LogP contribution in [-0.4, -0.2) is 21.3 Å². The second kappa shape index (κ2) is 8.60. The van der Waals surface area contributed by atoms with E-state index in [9.17, 15) is 19.8 Å². The van der Waals surface area contributed by atoms with Crippen molar-refractivity contribution in [1.82, 2.24) is 5.43 Å². The number of hydrogen-bond acceptors (Lipinski definition) is 6. The monoisotopic (exact) mass is 457 g/mol. The summed E-state index contributed by atoms with van der Waals surface area (Å²) in [4.78, 5) is 23.9. The molecule has 2 aliphatic rings. The number of anilines is 1. The van der Waals surface area contributed by atoms with Crippen LogP contribution in [0.3, 0.4) is 0 Å². The smallest absolute Gasteiger partial charge is 0.336 e. The molecule has 10 heteroatoms. The molecule has 2 aromatic carbocycles. The lowest BCUT2D eigenvalue weighted by Gasteiger charge is -2.17. The van der Waals surface area contributed by atoms with Gasteiger partial charge in [0.2, 0.25) is 0 Å². The maximum Gasteiger partial charge on any atom is 0.336 e. The number of nitrogens with one attached hydrogen (secondary N) is 2. The Morgan fingerprint density at radius 1 is 1.03 bits per heavy atom. The number of thiocarbonyl (C=S) groups is 1. The number of fused-ring (bicyclic) bond motifs is 2. The fourth-order valence-electron chi connectivity index (χ4n) is 3.33. The molecule has 6 N–H and O–H groups in total. The number of hydrazine groups is 1. The molecule has 1 aliphatic carbocycles. The molecule has 0 radical (unpaired) electrons. The van der Waals surface area contributed by atoms with E-state index in [1.54, 1.807) is 24.3 Å². The van der Waals surface area contributed by atoms with Gasteiger partial charge in [0.25, 0.3) is 0 Å². The van der Waals surface area contributed by atoms with Crippen molar-refractivity contribution in [2.75, 3.05) is 5.32 Å². The first-order chi connectivity index (χ1) is 14.4. The summed E-state index contributed by atoms with van der Waals surface area (Å²) in [6, 6.07) is 13.6. The van der Waals surface area contributed by atoms with Crippen molar-refractivity contribution in [3.8, 4) is 28.2 Å². The highest BCUT2D eigenvalue weighted by Crippen LogP contribution is 2.42. The number of phenolic OH excluding ortho intramolecular Hbond substituents is 1. The fraction of sp³-hybridized carbons (Fsp3) is 0. The van der Waals surface area contributed by atoms with Crippen molar-refractivity contribution in [3.05, 3.63) is 70.4 Å². The Kier molecular flexibility index (Phi) is 6.11. The van der Waals surface area contributed by atoms with Gasteiger partial charge in [0.15, 0.2) is 10.5 Å². The number of halogens is 1. The van der Waals surface area contributed by atoms with Gasteiger partial charge in [0.05, 0.1) is 5.56 Å². The largest absolute Gasteiger partial charge is 0.508 e. The van der Waals surface area contributed by atoms with E-state index >= 15 is 0 Å². The average molecular weight is 458 g/mol. The third-order valence-electron chi connectivity index (χ3n) is 4.59. The molecule has 0 fully saturated rings. The molecule has 1 heterocycles. The first-order valence-corrected chi connectivity index (χ1v) is 9.13. The number of aromatic hydroxyl groups is 1. The Morgan fingerprint density at radius 2 is 1.77 bits per heavy atom. The van der Waals surface area contributed by atoms with Crippen molar-refractivity contribution in [1.29, 1.82) is 0 Å². The van der Waals surface area contributed by atoms with E-state index in [0.29, 0.717) is 33.3 Å². The molecular weight excluding hydrogens is 442 g/mol. The first kappa shape index (κ1) is 22.0. The molecule has 158 valence electrons. The van der Waals surface area contributed by atoms with Crippen LogP contribution < -0.4 is 22.0 Å². The normalized spacial score (nSPS) is 10.5. The predicted octanol–water partition coefficient (Wildman–Crippen LogP) is 3.55. The highest BCUT2D eigenvalue weighted by molar-refractivity contribution is 7.80. The summed E-state index contributed by atoms with van der Waals surface area (Å²) < 4.78 is 5.80. The zero-order chi connectivity index (χ0) is 21.4. The number of carboxylic acids is 1. The molecule has 0 atom stereocenters. The highest BCUT2D eigenvalue weighted by atomic mass is 35.5. The average Bonchev–Trinajstić information content (AvgIpc) is 2.71. The lowest BCUT2D eigenvalue weighted by atomic mass is 9.90. The summed E-state index contributed by atoms with van der Waals surface area (Å²) in [6.07, 6.45) is 0. The van der Waals surface area contributed by atoms with Gasteiger partial charge in [0, 0.05) is 34.3 Å². The Bertz CT molecular complexity index is 1350. The second-order valence-electron chi connectivity index (χ2n) is 6.48. The molecule has 0 saturated carbocycles. The van der Waals surface area contributed by atoms with Crippen LogP contribution in [0.1, 0.15) is 10.4 Å². The topological polar surface area (TPSA) is 138 Å². The lowest BCUT2D eigenvalue weighted by molar-refractivity contribution is 0.0698. The minimum atomic E-state index is -1.15. The third kappa shape index (κ3) is 4.15. The Labute approximate surface area is 187 Å². The molecule has 4 rings (SSSR count). The molecule has 2 aromatic rings. The zero-order valence-electron chi connectivity index (χ0n) is 15.7. The number of hydrogen-bond donors (Lipinski definition) is 5. The van der Waals surface area contributed by atoms with E-state index in [-0.39, 0.29) is 40.0 Å². The minimum Gasteiger partial charge on any atom is -0.508 e. The van der Waals surface area contributed by atoms with Crippen LogP contribution >= 0.6 is 24.6 Å². The minimum absolute atomic E-state index is 0. The number of carbonyl (C=O) groups is 1. The van der Waals surface area contributed by atoms with Gasteiger partial charge in [0.1, 0.15) is 17.1 Å². The van der Waals surface area contributed by atoms with Crippen molar-refractivity contribution in [2.24, 2.45) is 5.84 Å². The maximum atomic E-state index is 12.1. The molecule has 0 amide bonds. The molecule has 0 unspecified atom stereocenters. The summed E-state index contributed by atoms with van der Waals surface area (Å²) in [5, 5.41) is 23.2. The number of aromatic carboxylic acids is 1. The van der Waals surface area contributed by atoms with Crippen LogP contribution in [0.15, 0.2) is 63.8 Å². The van der Waals surface area contributed by atoms with Gasteiger partial charge in [-0.1, -0.05) is 6.07 Å². The number of benzene rings is 3. The molecule has 0 bridgehead atoms. The number of carboxylic acid groups (broad SMARTS) is 1. The first-order valence-electron chi connectivity index (χ1n) is 8.72. The van der Waals surface area contributed by atoms with Crippen LogP contribution in [-0.2, 0) is 0 Å². The molecule has 1 aliphatic heterocycles. The lowest BCUT2D eigenvalue weighted by Crippen LogP contribution is -2.34. The summed E-state index contributed by atoms with van der Waals surface area (Å²) in [6.45, 7) is 0. The van der Waals surface area contributed by atoms with E-state index in [1.165, 1.54) is 30.3 Å². The summed E-state index contributed by atoms with van der Waals surface area (Å²) in [7, 11) is 0. The molecule has 0 saturated heterocycles. The Balaban J connectivity index is 0.00000272. The second-order valence-corrected chi connectivity index (χ2v) is 6.89. The van der Waals surface area contributed by atoms with Crippen LogP contribution in [0.25, 0.3) is 33.4 Å². The summed E-state index contributed by atoms with van der Waals surface area (Å²) in [5.41, 5.74) is 4.32. The van der Waals surface area contributed by atoms with Crippen molar-refractivity contribution in [2.45, 2.75) is 0 Å². The summed E-state index contributed by atoms with van der Waals surface area (Å²) in [5.74, 6) is 4.37. The fourth-order valence-corrected chi connectivity index (χ4v) is 3.45. The van der Waals surface area contributed by atoms with Gasteiger partial charge < -0.3 is 25.4 Å². The van der Waals surface area contributed by atoms with Gasteiger partial charge in [-0.15, -0.1) is 12.4 Å². The standard InChI is InChI=1S/C21H15N3O5S.ClH/c22-24-21(30)23-10-1-4-13(16(7-10)20(27)28)19-14-5-2-11(25)8-17(14)29-18-9-12(26)3-6-15(18)19;/h1-9,25H,22H2,(H,27,28)(H2,23,24,30);1H. The molecule has 31 heavy (non-hydrogen) atoms. The maximum absolute atomic E-state index is 12.1. The van der Waals surface area contributed by atoms with Crippen molar-refractivity contribution in [3.63, 3.8) is 0 Å². The third-order valence-corrected chi connectivity index (χ3v) is 4.81. The Hall–Kier alpha value is -3.66. The van der Waals surface area contributed by atoms with Gasteiger partial charge in [-0.3, -0.25) is 4.79 Å². The Morgan fingerprint density at radius 3 is 2.48 bits per heavy atom. The van der Waals surface area contributed by atoms with Gasteiger partial charge in [-0.25, -0.2) is 10.6 Å². The molecular formula is C21H16ClN3O5S. The zero-order valence-corrected chi connectivity index (χ0v) is 17.3. The van der Waals surface area contributed by atoms with E-state index in [2.05, 4.69) is 10.7 Å². The molecule has 0 spiro atoms. The van der Waals surface area contributed by atoms with E-state index in [4.69, 9.17) is 22.5 Å². The van der Waals surface area contributed by atoms with Crippen LogP contribution in [0, 0.1) is 0 Å².